The predicted molar refractivity (Wildman–Crippen MR) is 74.0 cm³/mol. The number of hydrogen-bond donors (Lipinski definition) is 1. The van der Waals surface area contributed by atoms with Gasteiger partial charge < -0.3 is 5.01 Å². The predicted octanol–water partition coefficient (Wildman–Crippen LogP) is 3.70. The summed E-state index contributed by atoms with van der Waals surface area (Å²) in [7, 11) is 0. The molecule has 1 aromatic carbocycles. The van der Waals surface area contributed by atoms with Crippen molar-refractivity contribution in [3.8, 4) is 0 Å². The van der Waals surface area contributed by atoms with Gasteiger partial charge in [0.05, 0.1) is 6.54 Å². The first-order valence-corrected chi connectivity index (χ1v) is 6.06. The van der Waals surface area contributed by atoms with E-state index in [1.54, 1.807) is 0 Å². The normalized spacial score (nSPS) is 13.3. The van der Waals surface area contributed by atoms with Crippen molar-refractivity contribution in [3.63, 3.8) is 0 Å². The Kier molecular flexibility index (Phi) is 4.35. The van der Waals surface area contributed by atoms with Gasteiger partial charge in [-0.3, -0.25) is 0 Å². The number of hydrogen-bond acceptors (Lipinski definition) is 2. The summed E-state index contributed by atoms with van der Waals surface area (Å²) in [6.07, 6.45) is 0. The highest BCUT2D eigenvalue weighted by molar-refractivity contribution is 5.18. The van der Waals surface area contributed by atoms with Crippen LogP contribution in [0.15, 0.2) is 41.6 Å². The Morgan fingerprint density at radius 3 is 2.12 bits per heavy atom. The summed E-state index contributed by atoms with van der Waals surface area (Å²) in [5.74, 6) is 6.12. The van der Waals surface area contributed by atoms with E-state index >= 15 is 0 Å². The van der Waals surface area contributed by atoms with Gasteiger partial charge in [-0.1, -0.05) is 51.1 Å². The lowest BCUT2D eigenvalue weighted by Crippen LogP contribution is -2.30. The Balaban J connectivity index is 2.81. The molecule has 0 unspecified atom stereocenters. The van der Waals surface area contributed by atoms with Gasteiger partial charge in [-0.15, -0.1) is 0 Å². The van der Waals surface area contributed by atoms with Crippen molar-refractivity contribution < 1.29 is 0 Å². The molecule has 0 saturated carbocycles. The Labute approximate surface area is 105 Å². The number of nitrogens with zero attached hydrogens (tertiary/aromatic N) is 1. The number of benzene rings is 1. The fourth-order valence-corrected chi connectivity index (χ4v) is 1.66. The molecule has 0 heterocycles. The average Bonchev–Trinajstić information content (AvgIpc) is 2.27. The molecular weight excluding hydrogens is 208 g/mol. The van der Waals surface area contributed by atoms with Crippen LogP contribution in [0.25, 0.3) is 0 Å². The van der Waals surface area contributed by atoms with Crippen molar-refractivity contribution in [2.24, 2.45) is 11.3 Å². The molecular formula is C15H24N2. The van der Waals surface area contributed by atoms with E-state index in [1.807, 2.05) is 23.2 Å². The Morgan fingerprint density at radius 1 is 1.12 bits per heavy atom. The maximum absolute atomic E-state index is 6.12. The number of rotatable bonds is 3. The second-order valence-electron chi connectivity index (χ2n) is 5.57. The van der Waals surface area contributed by atoms with Crippen LogP contribution < -0.4 is 5.84 Å². The molecule has 0 aliphatic carbocycles. The monoisotopic (exact) mass is 232 g/mol. The maximum atomic E-state index is 6.12. The molecule has 0 aliphatic heterocycles. The van der Waals surface area contributed by atoms with Crippen LogP contribution >= 0.6 is 0 Å². The fourth-order valence-electron chi connectivity index (χ4n) is 1.66. The van der Waals surface area contributed by atoms with Crippen molar-refractivity contribution in [3.05, 3.63) is 47.2 Å². The van der Waals surface area contributed by atoms with Gasteiger partial charge in [-0.25, -0.2) is 5.84 Å². The molecule has 0 saturated heterocycles. The first-order chi connectivity index (χ1) is 7.82. The lowest BCUT2D eigenvalue weighted by Gasteiger charge is -2.28. The topological polar surface area (TPSA) is 29.3 Å². The van der Waals surface area contributed by atoms with E-state index in [9.17, 15) is 0 Å². The van der Waals surface area contributed by atoms with E-state index in [4.69, 9.17) is 5.84 Å². The zero-order valence-corrected chi connectivity index (χ0v) is 11.6. The highest BCUT2D eigenvalue weighted by atomic mass is 15.4. The highest BCUT2D eigenvalue weighted by Crippen LogP contribution is 2.28. The summed E-state index contributed by atoms with van der Waals surface area (Å²) in [6.45, 7) is 11.6. The highest BCUT2D eigenvalue weighted by Gasteiger charge is 2.17. The van der Waals surface area contributed by atoms with Crippen molar-refractivity contribution in [2.45, 2.75) is 41.2 Å². The molecule has 2 N–H and O–H groups in total. The van der Waals surface area contributed by atoms with Crippen LogP contribution in [0.2, 0.25) is 0 Å². The molecule has 0 bridgehead atoms. The van der Waals surface area contributed by atoms with Gasteiger partial charge >= 0.3 is 0 Å². The summed E-state index contributed by atoms with van der Waals surface area (Å²) in [5.41, 5.74) is 3.88. The van der Waals surface area contributed by atoms with Gasteiger partial charge in [0.15, 0.2) is 0 Å². The first kappa shape index (κ1) is 13.8. The smallest absolute Gasteiger partial charge is 0.0588 e. The molecule has 2 nitrogen and oxygen atoms in total. The van der Waals surface area contributed by atoms with E-state index in [-0.39, 0.29) is 5.41 Å². The Bertz CT molecular complexity index is 385. The lowest BCUT2D eigenvalue weighted by molar-refractivity contribution is 0.334. The summed E-state index contributed by atoms with van der Waals surface area (Å²) < 4.78 is 0. The van der Waals surface area contributed by atoms with Crippen LogP contribution in [0.1, 0.15) is 40.2 Å². The van der Waals surface area contributed by atoms with Crippen LogP contribution in [0.5, 0.6) is 0 Å². The zero-order chi connectivity index (χ0) is 13.1. The molecule has 0 aliphatic rings. The van der Waals surface area contributed by atoms with Gasteiger partial charge in [0.25, 0.3) is 0 Å². The van der Waals surface area contributed by atoms with Gasteiger partial charge in [-0.2, -0.15) is 0 Å². The molecule has 1 aromatic rings. The van der Waals surface area contributed by atoms with E-state index in [2.05, 4.69) is 46.8 Å². The van der Waals surface area contributed by atoms with E-state index in [0.717, 1.165) is 12.2 Å². The van der Waals surface area contributed by atoms with Crippen molar-refractivity contribution >= 4 is 0 Å². The molecule has 0 radical (unpaired) electrons. The summed E-state index contributed by atoms with van der Waals surface area (Å²) in [5, 5.41) is 1.83. The fraction of sp³-hybridized carbons (Fsp3) is 0.467. The molecule has 0 atom stereocenters. The van der Waals surface area contributed by atoms with Crippen LogP contribution in [0.3, 0.4) is 0 Å². The number of nitrogens with two attached hydrogens (primary N) is 1. The van der Waals surface area contributed by atoms with Crippen LogP contribution in [-0.4, -0.2) is 5.01 Å². The minimum absolute atomic E-state index is 0.165. The third-order valence-electron chi connectivity index (χ3n) is 3.29. The van der Waals surface area contributed by atoms with Crippen molar-refractivity contribution in [1.29, 1.82) is 0 Å². The van der Waals surface area contributed by atoms with Crippen LogP contribution in [-0.2, 0) is 6.54 Å². The van der Waals surface area contributed by atoms with E-state index in [0.29, 0.717) is 0 Å². The SMILES string of the molecule is C/C(=C(\C)C(C)(C)C)N(N)Cc1ccccc1. The standard InChI is InChI=1S/C15H24N2/c1-12(15(3,4)5)13(2)17(16)11-14-9-7-6-8-10-14/h6-10H,11,16H2,1-5H3/b13-12-. The molecule has 0 spiro atoms. The molecule has 94 valence electrons. The minimum atomic E-state index is 0.165. The molecule has 2 heteroatoms. The largest absolute Gasteiger partial charge is 0.311 e. The molecule has 0 fully saturated rings. The van der Waals surface area contributed by atoms with Gasteiger partial charge in [0.2, 0.25) is 0 Å². The quantitative estimate of drug-likeness (QED) is 0.636. The summed E-state index contributed by atoms with van der Waals surface area (Å²) in [4.78, 5) is 0. The first-order valence-electron chi connectivity index (χ1n) is 6.06. The number of allylic oxidation sites excluding steroid dienone is 2. The molecule has 1 rings (SSSR count). The molecule has 0 aromatic heterocycles. The lowest BCUT2D eigenvalue weighted by atomic mass is 9.86. The molecule has 0 amide bonds. The van der Waals surface area contributed by atoms with Gasteiger partial charge in [0, 0.05) is 5.70 Å². The van der Waals surface area contributed by atoms with Gasteiger partial charge in [-0.05, 0) is 30.4 Å². The molecule has 17 heavy (non-hydrogen) atoms. The third-order valence-corrected chi connectivity index (χ3v) is 3.29. The van der Waals surface area contributed by atoms with Gasteiger partial charge in [0.1, 0.15) is 0 Å². The second kappa shape index (κ2) is 5.37. The second-order valence-corrected chi connectivity index (χ2v) is 5.57. The Hall–Kier alpha value is -1.28. The Morgan fingerprint density at radius 2 is 1.65 bits per heavy atom. The third kappa shape index (κ3) is 3.90. The van der Waals surface area contributed by atoms with Crippen LogP contribution in [0, 0.1) is 5.41 Å². The maximum Gasteiger partial charge on any atom is 0.0588 e. The average molecular weight is 232 g/mol. The minimum Gasteiger partial charge on any atom is -0.311 e. The number of hydrazine groups is 1. The summed E-state index contributed by atoms with van der Waals surface area (Å²) in [6, 6.07) is 10.3. The zero-order valence-electron chi connectivity index (χ0n) is 11.6. The van der Waals surface area contributed by atoms with Crippen LogP contribution in [0.4, 0.5) is 0 Å². The van der Waals surface area contributed by atoms with E-state index < -0.39 is 0 Å². The van der Waals surface area contributed by atoms with E-state index in [1.165, 1.54) is 11.1 Å². The summed E-state index contributed by atoms with van der Waals surface area (Å²) >= 11 is 0. The van der Waals surface area contributed by atoms with Crippen molar-refractivity contribution in [2.75, 3.05) is 0 Å². The van der Waals surface area contributed by atoms with Crippen molar-refractivity contribution in [1.82, 2.24) is 5.01 Å².